The van der Waals surface area contributed by atoms with E-state index < -0.39 is 44.7 Å². The lowest BCUT2D eigenvalue weighted by atomic mass is 10.2. The molecule has 0 saturated carbocycles. The number of hydrogen-bond acceptors (Lipinski definition) is 9. The van der Waals surface area contributed by atoms with Crippen molar-refractivity contribution in [1.82, 2.24) is 4.31 Å². The molecule has 3 rings (SSSR count). The fourth-order valence-corrected chi connectivity index (χ4v) is 4.75. The van der Waals surface area contributed by atoms with Crippen molar-refractivity contribution in [3.63, 3.8) is 0 Å². The molecule has 2 N–H and O–H groups in total. The Kier molecular flexibility index (Phi) is 7.13. The first-order valence-corrected chi connectivity index (χ1v) is 11.2. The van der Waals surface area contributed by atoms with Crippen molar-refractivity contribution < 1.29 is 37.5 Å². The number of hydrogen-bond donors (Lipinski definition) is 2. The number of nitro benzene ring substituents is 1. The van der Waals surface area contributed by atoms with Gasteiger partial charge in [0.15, 0.2) is 6.61 Å². The molecule has 1 amide bonds. The number of methoxy groups -OCH3 is 1. The van der Waals surface area contributed by atoms with Gasteiger partial charge in [-0.1, -0.05) is 0 Å². The topological polar surface area (TPSA) is 165 Å². The molecule has 33 heavy (non-hydrogen) atoms. The highest BCUT2D eigenvalue weighted by Gasteiger charge is 2.29. The third-order valence-electron chi connectivity index (χ3n) is 4.90. The lowest BCUT2D eigenvalue weighted by molar-refractivity contribution is -0.384. The number of non-ortho nitro benzene ring substituents is 1. The predicted octanol–water partition coefficient (Wildman–Crippen LogP) is 1.89. The van der Waals surface area contributed by atoms with Crippen LogP contribution in [0.3, 0.4) is 0 Å². The number of amides is 1. The number of sulfonamides is 1. The van der Waals surface area contributed by atoms with E-state index in [0.717, 1.165) is 37.1 Å². The molecule has 1 aliphatic rings. The highest BCUT2D eigenvalue weighted by molar-refractivity contribution is 7.89. The second kappa shape index (κ2) is 9.83. The summed E-state index contributed by atoms with van der Waals surface area (Å²) in [5, 5.41) is 23.2. The van der Waals surface area contributed by atoms with Crippen molar-refractivity contribution in [2.75, 3.05) is 32.1 Å². The number of nitro groups is 1. The lowest BCUT2D eigenvalue weighted by Crippen LogP contribution is -2.28. The molecule has 13 heteroatoms. The lowest BCUT2D eigenvalue weighted by Gasteiger charge is -2.16. The van der Waals surface area contributed by atoms with Gasteiger partial charge in [-0.15, -0.1) is 0 Å². The number of carbonyl (C=O) groups excluding carboxylic acids is 2. The fraction of sp³-hybridized carbons (Fsp3) is 0.300. The summed E-state index contributed by atoms with van der Waals surface area (Å²) >= 11 is 0. The van der Waals surface area contributed by atoms with Crippen LogP contribution in [0.4, 0.5) is 11.4 Å². The van der Waals surface area contributed by atoms with E-state index in [0.29, 0.717) is 13.1 Å². The van der Waals surface area contributed by atoms with Crippen molar-refractivity contribution in [2.24, 2.45) is 0 Å². The molecule has 1 saturated heterocycles. The summed E-state index contributed by atoms with van der Waals surface area (Å²) in [6, 6.07) is 6.80. The molecule has 2 aromatic rings. The highest BCUT2D eigenvalue weighted by atomic mass is 32.2. The summed E-state index contributed by atoms with van der Waals surface area (Å²) in [7, 11) is -2.56. The molecule has 0 bridgehead atoms. The van der Waals surface area contributed by atoms with Crippen LogP contribution in [0.25, 0.3) is 0 Å². The summed E-state index contributed by atoms with van der Waals surface area (Å²) in [5.74, 6) is -2.35. The van der Waals surface area contributed by atoms with Crippen molar-refractivity contribution in [1.29, 1.82) is 0 Å². The van der Waals surface area contributed by atoms with E-state index in [1.165, 1.54) is 23.5 Å². The van der Waals surface area contributed by atoms with E-state index in [1.54, 1.807) is 0 Å². The van der Waals surface area contributed by atoms with E-state index in [9.17, 15) is 33.2 Å². The average molecular weight is 479 g/mol. The number of phenols is 1. The fourth-order valence-electron chi connectivity index (χ4n) is 3.21. The Hall–Kier alpha value is -3.71. The maximum absolute atomic E-state index is 12.7. The van der Waals surface area contributed by atoms with Gasteiger partial charge in [0.1, 0.15) is 17.1 Å². The van der Waals surface area contributed by atoms with Crippen LogP contribution in [0, 0.1) is 10.1 Å². The first-order chi connectivity index (χ1) is 15.6. The molecule has 2 aromatic carbocycles. The van der Waals surface area contributed by atoms with Crippen LogP contribution >= 0.6 is 0 Å². The van der Waals surface area contributed by atoms with E-state index in [4.69, 9.17) is 9.47 Å². The minimum Gasteiger partial charge on any atom is -0.507 e. The third-order valence-corrected chi connectivity index (χ3v) is 6.79. The Balaban J connectivity index is 1.68. The van der Waals surface area contributed by atoms with Crippen molar-refractivity contribution in [2.45, 2.75) is 17.7 Å². The number of anilines is 1. The highest BCUT2D eigenvalue weighted by Crippen LogP contribution is 2.29. The molecular weight excluding hydrogens is 458 g/mol. The van der Waals surface area contributed by atoms with Crippen molar-refractivity contribution >= 4 is 33.3 Å². The molecule has 0 atom stereocenters. The zero-order valence-corrected chi connectivity index (χ0v) is 18.3. The normalized spacial score (nSPS) is 14.0. The standard InChI is InChI=1S/C20H21N3O9S/c1-31-18-10-13(23(27)28)4-6-16(18)21-19(25)12-32-20(26)15-11-14(5-7-17(15)24)33(29,30)22-8-2-3-9-22/h4-7,10-11,24H,2-3,8-9,12H2,1H3,(H,21,25). The first kappa shape index (κ1) is 23.9. The van der Waals surface area contributed by atoms with Gasteiger partial charge >= 0.3 is 5.97 Å². The average Bonchev–Trinajstić information content (AvgIpc) is 3.33. The predicted molar refractivity (Wildman–Crippen MR) is 115 cm³/mol. The van der Waals surface area contributed by atoms with Crippen LogP contribution in [0.1, 0.15) is 23.2 Å². The number of rotatable bonds is 8. The van der Waals surface area contributed by atoms with E-state index >= 15 is 0 Å². The maximum atomic E-state index is 12.7. The Morgan fingerprint density at radius 3 is 2.52 bits per heavy atom. The number of ether oxygens (including phenoxy) is 2. The molecule has 0 spiro atoms. The first-order valence-electron chi connectivity index (χ1n) is 9.76. The number of nitrogens with one attached hydrogen (secondary N) is 1. The molecule has 0 aliphatic carbocycles. The molecule has 1 heterocycles. The van der Waals surface area contributed by atoms with Gasteiger partial charge in [0.25, 0.3) is 11.6 Å². The van der Waals surface area contributed by atoms with Crippen LogP contribution in [-0.4, -0.2) is 61.4 Å². The molecule has 1 aliphatic heterocycles. The van der Waals surface area contributed by atoms with Gasteiger partial charge in [-0.2, -0.15) is 4.31 Å². The van der Waals surface area contributed by atoms with Crippen LogP contribution < -0.4 is 10.1 Å². The van der Waals surface area contributed by atoms with Crippen LogP contribution in [0.5, 0.6) is 11.5 Å². The Morgan fingerprint density at radius 1 is 1.18 bits per heavy atom. The van der Waals surface area contributed by atoms with Gasteiger partial charge in [0.2, 0.25) is 10.0 Å². The summed E-state index contributed by atoms with van der Waals surface area (Å²) in [6.07, 6.45) is 1.47. The second-order valence-electron chi connectivity index (χ2n) is 7.06. The van der Waals surface area contributed by atoms with E-state index in [-0.39, 0.29) is 22.0 Å². The molecule has 1 fully saturated rings. The maximum Gasteiger partial charge on any atom is 0.342 e. The van der Waals surface area contributed by atoms with Gasteiger partial charge in [-0.25, -0.2) is 13.2 Å². The zero-order valence-electron chi connectivity index (χ0n) is 17.5. The van der Waals surface area contributed by atoms with Crippen molar-refractivity contribution in [3.8, 4) is 11.5 Å². The van der Waals surface area contributed by atoms with Crippen LogP contribution in [-0.2, 0) is 19.6 Å². The molecule has 176 valence electrons. The minimum atomic E-state index is -3.83. The van der Waals surface area contributed by atoms with Crippen molar-refractivity contribution in [3.05, 3.63) is 52.1 Å². The number of carbonyl (C=O) groups is 2. The number of aromatic hydroxyl groups is 1. The Morgan fingerprint density at radius 2 is 1.88 bits per heavy atom. The van der Waals surface area contributed by atoms with Gasteiger partial charge < -0.3 is 19.9 Å². The Bertz CT molecular complexity index is 1190. The quantitative estimate of drug-likeness (QED) is 0.326. The van der Waals surface area contributed by atoms with E-state index in [1.807, 2.05) is 0 Å². The summed E-state index contributed by atoms with van der Waals surface area (Å²) in [6.45, 7) is -0.0218. The number of esters is 1. The Labute approximate surface area is 188 Å². The summed E-state index contributed by atoms with van der Waals surface area (Å²) < 4.78 is 36.6. The molecule has 0 radical (unpaired) electrons. The third kappa shape index (κ3) is 5.38. The van der Waals surface area contributed by atoms with E-state index in [2.05, 4.69) is 5.32 Å². The molecule has 12 nitrogen and oxygen atoms in total. The van der Waals surface area contributed by atoms with Gasteiger partial charge in [-0.3, -0.25) is 14.9 Å². The number of benzene rings is 2. The summed E-state index contributed by atoms with van der Waals surface area (Å²) in [5.41, 5.74) is -0.530. The molecule has 0 unspecified atom stereocenters. The van der Waals surface area contributed by atoms with Crippen LogP contribution in [0.15, 0.2) is 41.3 Å². The van der Waals surface area contributed by atoms with Crippen LogP contribution in [0.2, 0.25) is 0 Å². The van der Waals surface area contributed by atoms with Gasteiger partial charge in [0.05, 0.1) is 28.7 Å². The number of phenolic OH excluding ortho intramolecular Hbond substituents is 1. The van der Waals surface area contributed by atoms with Gasteiger partial charge in [-0.05, 0) is 37.1 Å². The monoisotopic (exact) mass is 479 g/mol. The smallest absolute Gasteiger partial charge is 0.342 e. The molecular formula is C20H21N3O9S. The molecule has 0 aromatic heterocycles. The second-order valence-corrected chi connectivity index (χ2v) is 8.99. The minimum absolute atomic E-state index is 0.0290. The zero-order chi connectivity index (χ0) is 24.2. The van der Waals surface area contributed by atoms with Gasteiger partial charge in [0, 0.05) is 19.2 Å². The number of nitrogens with zero attached hydrogens (tertiary/aromatic N) is 2. The largest absolute Gasteiger partial charge is 0.507 e. The summed E-state index contributed by atoms with van der Waals surface area (Å²) in [4.78, 5) is 34.6. The SMILES string of the molecule is COc1cc([N+](=O)[O-])ccc1NC(=O)COC(=O)c1cc(S(=O)(=O)N2CCCC2)ccc1O.